The number of thiazole rings is 1. The number of aryl methyl sites for hydroxylation is 2. The summed E-state index contributed by atoms with van der Waals surface area (Å²) in [5, 5.41) is 2.94. The second-order valence-electron chi connectivity index (χ2n) is 4.12. The summed E-state index contributed by atoms with van der Waals surface area (Å²) in [6.07, 6.45) is 0. The van der Waals surface area contributed by atoms with Crippen molar-refractivity contribution in [3.05, 3.63) is 50.7 Å². The van der Waals surface area contributed by atoms with Crippen molar-refractivity contribution in [1.29, 1.82) is 0 Å². The van der Waals surface area contributed by atoms with Crippen molar-refractivity contribution in [2.75, 3.05) is 0 Å². The van der Waals surface area contributed by atoms with E-state index in [-0.39, 0.29) is 0 Å². The van der Waals surface area contributed by atoms with Crippen LogP contribution in [0.3, 0.4) is 0 Å². The largest absolute Gasteiger partial charge is 0.227 e. The molecule has 0 N–H and O–H groups in total. The Labute approximate surface area is 114 Å². The molecule has 3 heteroatoms. The highest BCUT2D eigenvalue weighted by Crippen LogP contribution is 2.27. The number of rotatable bonds is 0. The molecule has 0 amide bonds. The topological polar surface area (TPSA) is 12.9 Å². The minimum atomic E-state index is 0.899. The van der Waals surface area contributed by atoms with Crippen LogP contribution in [-0.4, -0.2) is 4.98 Å². The molecule has 3 rings (SSSR count). The van der Waals surface area contributed by atoms with Gasteiger partial charge < -0.3 is 0 Å². The highest BCUT2D eigenvalue weighted by atomic mass is 32.1. The molecule has 0 unspecified atom stereocenters. The third-order valence-corrected chi connectivity index (χ3v) is 4.65. The number of thiophene rings is 1. The number of fused-ring (bicyclic) bond motifs is 1. The summed E-state index contributed by atoms with van der Waals surface area (Å²) >= 11 is 3.34. The molecule has 18 heavy (non-hydrogen) atoms. The lowest BCUT2D eigenvalue weighted by atomic mass is 10.1. The van der Waals surface area contributed by atoms with Crippen LogP contribution >= 0.6 is 22.7 Å². The minimum absolute atomic E-state index is 0.899. The standard InChI is InChI=1S/C15H11NS2/c1-10-5-6-11(2)15-14(10)16-13(18-15)8-7-12-4-3-9-17-12/h3-6,9H,1-2H3. The van der Waals surface area contributed by atoms with Gasteiger partial charge in [-0.05, 0) is 48.3 Å². The van der Waals surface area contributed by atoms with Gasteiger partial charge in [-0.1, -0.05) is 18.2 Å². The Hall–Kier alpha value is -1.63. The predicted molar refractivity (Wildman–Crippen MR) is 79.4 cm³/mol. The first-order chi connectivity index (χ1) is 8.74. The van der Waals surface area contributed by atoms with Crippen molar-refractivity contribution in [2.45, 2.75) is 13.8 Å². The van der Waals surface area contributed by atoms with Crippen LogP contribution in [0.5, 0.6) is 0 Å². The van der Waals surface area contributed by atoms with Gasteiger partial charge in [-0.2, -0.15) is 0 Å². The van der Waals surface area contributed by atoms with Crippen LogP contribution in [0.25, 0.3) is 10.2 Å². The van der Waals surface area contributed by atoms with Gasteiger partial charge in [0.2, 0.25) is 0 Å². The molecule has 0 aliphatic heterocycles. The molecular weight excluding hydrogens is 258 g/mol. The molecule has 1 nitrogen and oxygen atoms in total. The van der Waals surface area contributed by atoms with Crippen LogP contribution in [0.4, 0.5) is 0 Å². The Kier molecular flexibility index (Phi) is 2.91. The van der Waals surface area contributed by atoms with Gasteiger partial charge in [-0.3, -0.25) is 0 Å². The van der Waals surface area contributed by atoms with Crippen LogP contribution < -0.4 is 0 Å². The van der Waals surface area contributed by atoms with E-state index in [0.717, 1.165) is 15.4 Å². The van der Waals surface area contributed by atoms with E-state index in [1.807, 2.05) is 17.5 Å². The van der Waals surface area contributed by atoms with Crippen LogP contribution in [0.1, 0.15) is 21.0 Å². The first kappa shape index (κ1) is 11.5. The Bertz CT molecular complexity index is 716. The highest BCUT2D eigenvalue weighted by molar-refractivity contribution is 7.19. The van der Waals surface area contributed by atoms with Crippen LogP contribution in [-0.2, 0) is 0 Å². The first-order valence-electron chi connectivity index (χ1n) is 5.66. The maximum Gasteiger partial charge on any atom is 0.168 e. The molecule has 0 spiro atoms. The predicted octanol–water partition coefficient (Wildman–Crippen LogP) is 4.37. The van der Waals surface area contributed by atoms with Crippen molar-refractivity contribution >= 4 is 32.9 Å². The molecule has 3 aromatic rings. The lowest BCUT2D eigenvalue weighted by molar-refractivity contribution is 1.38. The van der Waals surface area contributed by atoms with Gasteiger partial charge in [-0.25, -0.2) is 4.98 Å². The minimum Gasteiger partial charge on any atom is -0.227 e. The average molecular weight is 269 g/mol. The smallest absolute Gasteiger partial charge is 0.168 e. The fraction of sp³-hybridized carbons (Fsp3) is 0.133. The summed E-state index contributed by atoms with van der Waals surface area (Å²) in [5.41, 5.74) is 3.59. The van der Waals surface area contributed by atoms with Crippen molar-refractivity contribution in [2.24, 2.45) is 0 Å². The number of hydrogen-bond acceptors (Lipinski definition) is 3. The van der Waals surface area contributed by atoms with Gasteiger partial charge in [-0.15, -0.1) is 22.7 Å². The zero-order valence-electron chi connectivity index (χ0n) is 10.2. The molecule has 1 aromatic carbocycles. The van der Waals surface area contributed by atoms with Gasteiger partial charge in [0.05, 0.1) is 15.1 Å². The monoisotopic (exact) mass is 269 g/mol. The third kappa shape index (κ3) is 2.05. The zero-order valence-corrected chi connectivity index (χ0v) is 11.8. The quantitative estimate of drug-likeness (QED) is 0.552. The van der Waals surface area contributed by atoms with E-state index >= 15 is 0 Å². The van der Waals surface area contributed by atoms with Crippen LogP contribution in [0.15, 0.2) is 29.6 Å². The van der Waals surface area contributed by atoms with E-state index < -0.39 is 0 Å². The molecule has 0 atom stereocenters. The third-order valence-electron chi connectivity index (χ3n) is 2.76. The second-order valence-corrected chi connectivity index (χ2v) is 6.07. The molecular formula is C15H11NS2. The maximum atomic E-state index is 4.62. The van der Waals surface area contributed by atoms with Crippen molar-refractivity contribution in [3.8, 4) is 11.8 Å². The van der Waals surface area contributed by atoms with Gasteiger partial charge in [0.1, 0.15) is 0 Å². The highest BCUT2D eigenvalue weighted by Gasteiger charge is 2.06. The molecule has 2 heterocycles. The molecule has 0 aliphatic carbocycles. The summed E-state index contributed by atoms with van der Waals surface area (Å²) in [5.74, 6) is 6.32. The van der Waals surface area contributed by atoms with Gasteiger partial charge in [0, 0.05) is 0 Å². The van der Waals surface area contributed by atoms with E-state index in [4.69, 9.17) is 0 Å². The van der Waals surface area contributed by atoms with Gasteiger partial charge in [0.15, 0.2) is 5.01 Å². The van der Waals surface area contributed by atoms with Crippen molar-refractivity contribution in [1.82, 2.24) is 4.98 Å². The number of benzene rings is 1. The Morgan fingerprint density at radius 2 is 1.89 bits per heavy atom. The lowest BCUT2D eigenvalue weighted by Crippen LogP contribution is -1.79. The summed E-state index contributed by atoms with van der Waals surface area (Å²) in [7, 11) is 0. The molecule has 0 aliphatic rings. The SMILES string of the molecule is Cc1ccc(C)c2sc(C#Cc3cccs3)nc12. The second kappa shape index (κ2) is 4.56. The van der Waals surface area contributed by atoms with Crippen molar-refractivity contribution < 1.29 is 0 Å². The summed E-state index contributed by atoms with van der Waals surface area (Å²) in [6, 6.07) is 8.31. The Morgan fingerprint density at radius 1 is 1.06 bits per heavy atom. The normalized spacial score (nSPS) is 10.3. The van der Waals surface area contributed by atoms with Gasteiger partial charge >= 0.3 is 0 Å². The molecule has 88 valence electrons. The van der Waals surface area contributed by atoms with Crippen molar-refractivity contribution in [3.63, 3.8) is 0 Å². The molecule has 0 bridgehead atoms. The molecule has 0 saturated heterocycles. The fourth-order valence-electron chi connectivity index (χ4n) is 1.78. The number of aromatic nitrogens is 1. The molecule has 0 radical (unpaired) electrons. The van der Waals surface area contributed by atoms with Gasteiger partial charge in [0.25, 0.3) is 0 Å². The van der Waals surface area contributed by atoms with Crippen LogP contribution in [0, 0.1) is 25.7 Å². The van der Waals surface area contributed by atoms with E-state index in [9.17, 15) is 0 Å². The maximum absolute atomic E-state index is 4.62. The summed E-state index contributed by atoms with van der Waals surface area (Å²) < 4.78 is 1.26. The molecule has 0 saturated carbocycles. The fourth-order valence-corrected chi connectivity index (χ4v) is 3.31. The lowest BCUT2D eigenvalue weighted by Gasteiger charge is -1.96. The first-order valence-corrected chi connectivity index (χ1v) is 7.36. The summed E-state index contributed by atoms with van der Waals surface area (Å²) in [4.78, 5) is 5.71. The van der Waals surface area contributed by atoms with E-state index in [1.165, 1.54) is 15.8 Å². The van der Waals surface area contributed by atoms with E-state index in [1.54, 1.807) is 22.7 Å². The molecule has 2 aromatic heterocycles. The average Bonchev–Trinajstić information content (AvgIpc) is 3.00. The molecule has 0 fully saturated rings. The summed E-state index contributed by atoms with van der Waals surface area (Å²) in [6.45, 7) is 4.22. The Morgan fingerprint density at radius 3 is 2.61 bits per heavy atom. The zero-order chi connectivity index (χ0) is 12.5. The Balaban J connectivity index is 2.09. The van der Waals surface area contributed by atoms with E-state index in [2.05, 4.69) is 42.8 Å². The number of nitrogens with zero attached hydrogens (tertiary/aromatic N) is 1. The van der Waals surface area contributed by atoms with E-state index in [0.29, 0.717) is 0 Å². The number of hydrogen-bond donors (Lipinski definition) is 0. The van der Waals surface area contributed by atoms with Crippen LogP contribution in [0.2, 0.25) is 0 Å².